The third-order valence-corrected chi connectivity index (χ3v) is 2.44. The van der Waals surface area contributed by atoms with E-state index < -0.39 is 0 Å². The first kappa shape index (κ1) is 13.4. The monoisotopic (exact) mass is 252 g/mol. The molecule has 1 aromatic carbocycles. The Balaban J connectivity index is 2.38. The van der Waals surface area contributed by atoms with Gasteiger partial charge in [-0.15, -0.1) is 0 Å². The van der Waals surface area contributed by atoms with Crippen molar-refractivity contribution >= 4 is 23.1 Å². The van der Waals surface area contributed by atoms with Gasteiger partial charge in [0.25, 0.3) is 5.91 Å². The molecule has 0 spiro atoms. The van der Waals surface area contributed by atoms with Gasteiger partial charge >= 0.3 is 0 Å². The number of thiocarbonyl (C=S) groups is 1. The molecule has 0 radical (unpaired) electrons. The van der Waals surface area contributed by atoms with E-state index in [1.807, 2.05) is 0 Å². The Bertz CT molecular complexity index is 390. The van der Waals surface area contributed by atoms with Gasteiger partial charge in [0.05, 0.1) is 12.1 Å². The number of hydrogen-bond donors (Lipinski definition) is 2. The molecule has 0 fully saturated rings. The maximum atomic E-state index is 11.7. The molecule has 0 atom stereocenters. The normalized spacial score (nSPS) is 9.71. The maximum absolute atomic E-state index is 11.7. The van der Waals surface area contributed by atoms with Crippen LogP contribution in [0.3, 0.4) is 0 Å². The number of methoxy groups -OCH3 is 1. The minimum atomic E-state index is -0.101. The summed E-state index contributed by atoms with van der Waals surface area (Å²) in [4.78, 5) is 12.1. The zero-order valence-electron chi connectivity index (χ0n) is 9.73. The molecule has 0 unspecified atom stereocenters. The Morgan fingerprint density at radius 2 is 2.06 bits per heavy atom. The molecule has 0 aliphatic carbocycles. The van der Waals surface area contributed by atoms with Crippen LogP contribution in [0.4, 0.5) is 0 Å². The Labute approximate surface area is 106 Å². The Hall–Kier alpha value is -1.62. The van der Waals surface area contributed by atoms with Gasteiger partial charge in [-0.2, -0.15) is 0 Å². The second-order valence-corrected chi connectivity index (χ2v) is 4.08. The van der Waals surface area contributed by atoms with Gasteiger partial charge in [0.15, 0.2) is 0 Å². The lowest BCUT2D eigenvalue weighted by Gasteiger charge is -2.05. The van der Waals surface area contributed by atoms with Gasteiger partial charge in [-0.25, -0.2) is 0 Å². The van der Waals surface area contributed by atoms with E-state index in [-0.39, 0.29) is 5.91 Å². The van der Waals surface area contributed by atoms with Crippen molar-refractivity contribution in [1.82, 2.24) is 5.32 Å². The van der Waals surface area contributed by atoms with Crippen molar-refractivity contribution in [2.75, 3.05) is 13.7 Å². The topological polar surface area (TPSA) is 64.3 Å². The summed E-state index contributed by atoms with van der Waals surface area (Å²) in [6.07, 6.45) is 1.41. The summed E-state index contributed by atoms with van der Waals surface area (Å²) >= 11 is 4.75. The van der Waals surface area contributed by atoms with Crippen molar-refractivity contribution in [3.05, 3.63) is 29.8 Å². The van der Waals surface area contributed by atoms with Crippen molar-refractivity contribution in [3.63, 3.8) is 0 Å². The number of rotatable bonds is 6. The first-order valence-corrected chi connectivity index (χ1v) is 5.75. The van der Waals surface area contributed by atoms with Gasteiger partial charge in [-0.05, 0) is 37.1 Å². The van der Waals surface area contributed by atoms with Gasteiger partial charge in [-0.1, -0.05) is 12.2 Å². The molecule has 1 amide bonds. The second-order valence-electron chi connectivity index (χ2n) is 3.55. The van der Waals surface area contributed by atoms with E-state index in [0.717, 1.165) is 12.2 Å². The van der Waals surface area contributed by atoms with Crippen LogP contribution < -0.4 is 15.8 Å². The molecule has 0 saturated carbocycles. The molecule has 1 rings (SSSR count). The van der Waals surface area contributed by atoms with Crippen LogP contribution in [0.5, 0.6) is 5.75 Å². The Morgan fingerprint density at radius 3 is 2.59 bits per heavy atom. The fourth-order valence-electron chi connectivity index (χ4n) is 1.31. The molecule has 5 heteroatoms. The largest absolute Gasteiger partial charge is 0.497 e. The number of nitrogens with one attached hydrogen (secondary N) is 1. The Kier molecular flexibility index (Phi) is 5.42. The van der Waals surface area contributed by atoms with Gasteiger partial charge in [0.2, 0.25) is 0 Å². The molecule has 0 heterocycles. The molecule has 0 aliphatic heterocycles. The first-order valence-electron chi connectivity index (χ1n) is 5.34. The van der Waals surface area contributed by atoms with Gasteiger partial charge in [-0.3, -0.25) is 4.79 Å². The summed E-state index contributed by atoms with van der Waals surface area (Å²) in [5, 5.41) is 2.80. The summed E-state index contributed by atoms with van der Waals surface area (Å²) in [5.74, 6) is 0.630. The molecular weight excluding hydrogens is 236 g/mol. The van der Waals surface area contributed by atoms with Crippen LogP contribution in [0.1, 0.15) is 23.2 Å². The van der Waals surface area contributed by atoms with Crippen LogP contribution in [0, 0.1) is 0 Å². The molecule has 0 aromatic heterocycles. The second kappa shape index (κ2) is 6.85. The lowest BCUT2D eigenvalue weighted by Crippen LogP contribution is -2.25. The van der Waals surface area contributed by atoms with Gasteiger partial charge in [0.1, 0.15) is 5.75 Å². The predicted octanol–water partition coefficient (Wildman–Crippen LogP) is 1.49. The van der Waals surface area contributed by atoms with Crippen LogP contribution in [-0.4, -0.2) is 24.6 Å². The van der Waals surface area contributed by atoms with Gasteiger partial charge in [0, 0.05) is 12.1 Å². The highest BCUT2D eigenvalue weighted by atomic mass is 32.1. The highest BCUT2D eigenvalue weighted by molar-refractivity contribution is 7.80. The minimum absolute atomic E-state index is 0.101. The summed E-state index contributed by atoms with van der Waals surface area (Å²) in [6, 6.07) is 6.96. The zero-order chi connectivity index (χ0) is 12.7. The van der Waals surface area contributed by atoms with Crippen LogP contribution in [-0.2, 0) is 0 Å². The molecule has 4 nitrogen and oxygen atoms in total. The quantitative estimate of drug-likeness (QED) is 0.595. The molecule has 0 bridgehead atoms. The number of carbonyl (C=O) groups is 1. The molecule has 0 saturated heterocycles. The van der Waals surface area contributed by atoms with E-state index in [2.05, 4.69) is 5.32 Å². The first-order chi connectivity index (χ1) is 8.13. The van der Waals surface area contributed by atoms with Crippen LogP contribution in [0.25, 0.3) is 0 Å². The molecule has 1 aromatic rings. The number of benzene rings is 1. The fraction of sp³-hybridized carbons (Fsp3) is 0.333. The van der Waals surface area contributed by atoms with E-state index in [9.17, 15) is 4.79 Å². The highest BCUT2D eigenvalue weighted by Crippen LogP contribution is 2.10. The number of nitrogens with two attached hydrogens (primary N) is 1. The molecule has 0 aliphatic rings. The molecule has 92 valence electrons. The van der Waals surface area contributed by atoms with Crippen LogP contribution in [0.15, 0.2) is 24.3 Å². The van der Waals surface area contributed by atoms with E-state index in [1.54, 1.807) is 31.4 Å². The molecule has 3 N–H and O–H groups in total. The van der Waals surface area contributed by atoms with Crippen LogP contribution in [0.2, 0.25) is 0 Å². The summed E-state index contributed by atoms with van der Waals surface area (Å²) in [5.41, 5.74) is 5.97. The third kappa shape index (κ3) is 4.82. The minimum Gasteiger partial charge on any atom is -0.497 e. The molecule has 17 heavy (non-hydrogen) atoms. The average molecular weight is 252 g/mol. The van der Waals surface area contributed by atoms with Crippen molar-refractivity contribution in [3.8, 4) is 5.75 Å². The van der Waals surface area contributed by atoms with Crippen LogP contribution >= 0.6 is 12.2 Å². The van der Waals surface area contributed by atoms with Crippen molar-refractivity contribution in [2.24, 2.45) is 5.73 Å². The lowest BCUT2D eigenvalue weighted by molar-refractivity contribution is 0.0953. The Morgan fingerprint density at radius 1 is 1.41 bits per heavy atom. The van der Waals surface area contributed by atoms with Crippen molar-refractivity contribution < 1.29 is 9.53 Å². The number of hydrogen-bond acceptors (Lipinski definition) is 3. The lowest BCUT2D eigenvalue weighted by atomic mass is 10.2. The third-order valence-electron chi connectivity index (χ3n) is 2.24. The van der Waals surface area contributed by atoms with E-state index in [4.69, 9.17) is 22.7 Å². The van der Waals surface area contributed by atoms with Crippen molar-refractivity contribution in [1.29, 1.82) is 0 Å². The smallest absolute Gasteiger partial charge is 0.251 e. The number of ether oxygens (including phenoxy) is 1. The fourth-order valence-corrected chi connectivity index (χ4v) is 1.45. The van der Waals surface area contributed by atoms with E-state index >= 15 is 0 Å². The zero-order valence-corrected chi connectivity index (χ0v) is 10.5. The summed E-state index contributed by atoms with van der Waals surface area (Å²) < 4.78 is 5.01. The standard InChI is InChI=1S/C12H16N2O2S/c1-16-10-6-4-9(5-7-10)12(15)14-8-2-3-11(13)17/h4-7H,2-3,8H2,1H3,(H2,13,17)(H,14,15). The number of amides is 1. The van der Waals surface area contributed by atoms with E-state index in [0.29, 0.717) is 23.5 Å². The average Bonchev–Trinajstić information content (AvgIpc) is 2.34. The van der Waals surface area contributed by atoms with Gasteiger partial charge < -0.3 is 15.8 Å². The summed E-state index contributed by atoms with van der Waals surface area (Å²) in [6.45, 7) is 0.572. The highest BCUT2D eigenvalue weighted by Gasteiger charge is 2.04. The molecular formula is C12H16N2O2S. The maximum Gasteiger partial charge on any atom is 0.251 e. The van der Waals surface area contributed by atoms with Crippen molar-refractivity contribution in [2.45, 2.75) is 12.8 Å². The summed E-state index contributed by atoms with van der Waals surface area (Å²) in [7, 11) is 1.59. The SMILES string of the molecule is COc1ccc(C(=O)NCCCC(N)=S)cc1. The van der Waals surface area contributed by atoms with E-state index in [1.165, 1.54) is 0 Å². The predicted molar refractivity (Wildman–Crippen MR) is 71.3 cm³/mol. The number of carbonyl (C=O) groups excluding carboxylic acids is 1.